The Hall–Kier alpha value is -1.60. The topological polar surface area (TPSA) is 74.3 Å². The molecule has 2 heterocycles. The molecule has 1 saturated carbocycles. The zero-order valence-electron chi connectivity index (χ0n) is 14.0. The second-order valence-electron chi connectivity index (χ2n) is 6.21. The fourth-order valence-electron chi connectivity index (χ4n) is 2.74. The van der Waals surface area contributed by atoms with Crippen molar-refractivity contribution in [1.29, 1.82) is 0 Å². The molecule has 0 aromatic carbocycles. The quantitative estimate of drug-likeness (QED) is 0.704. The average Bonchev–Trinajstić information content (AvgIpc) is 3.41. The van der Waals surface area contributed by atoms with Gasteiger partial charge in [-0.25, -0.2) is 4.98 Å². The molecule has 2 amide bonds. The Bertz CT molecular complexity index is 619. The first kappa shape index (κ1) is 17.2. The summed E-state index contributed by atoms with van der Waals surface area (Å²) in [5.74, 6) is 0.828. The number of pyridine rings is 1. The van der Waals surface area contributed by atoms with Crippen LogP contribution in [0.1, 0.15) is 43.1 Å². The zero-order valence-corrected chi connectivity index (χ0v) is 14.8. The number of nitrogens with zero attached hydrogens (tertiary/aromatic N) is 2. The molecule has 1 aliphatic heterocycles. The summed E-state index contributed by atoms with van der Waals surface area (Å²) in [6.07, 6.45) is 4.21. The minimum Gasteiger partial charge on any atom is -0.334 e. The Morgan fingerprint density at radius 2 is 2.25 bits per heavy atom. The minimum absolute atomic E-state index is 0.0272. The van der Waals surface area contributed by atoms with Gasteiger partial charge in [-0.15, -0.1) is 11.8 Å². The third-order valence-electron chi connectivity index (χ3n) is 4.12. The molecule has 0 unspecified atom stereocenters. The molecule has 1 aromatic rings. The Balaban J connectivity index is 1.64. The average molecular weight is 348 g/mol. The first-order valence-corrected chi connectivity index (χ1v) is 9.63. The van der Waals surface area contributed by atoms with E-state index in [0.29, 0.717) is 23.3 Å². The van der Waals surface area contributed by atoms with E-state index in [1.54, 1.807) is 6.07 Å². The van der Waals surface area contributed by atoms with Crippen LogP contribution >= 0.6 is 11.8 Å². The molecule has 130 valence electrons. The lowest BCUT2D eigenvalue weighted by molar-refractivity contribution is -0.113. The van der Waals surface area contributed by atoms with Crippen molar-refractivity contribution in [1.82, 2.24) is 15.2 Å². The van der Waals surface area contributed by atoms with Gasteiger partial charge in [0, 0.05) is 12.6 Å². The van der Waals surface area contributed by atoms with Crippen LogP contribution in [0.25, 0.3) is 0 Å². The molecular formula is C17H24N4O2S. The molecule has 2 N–H and O–H groups in total. The van der Waals surface area contributed by atoms with Crippen LogP contribution in [0.15, 0.2) is 17.0 Å². The molecule has 0 atom stereocenters. The van der Waals surface area contributed by atoms with Gasteiger partial charge in [0.1, 0.15) is 11.5 Å². The predicted octanol–water partition coefficient (Wildman–Crippen LogP) is 2.12. The van der Waals surface area contributed by atoms with Gasteiger partial charge in [0.05, 0.1) is 10.6 Å². The maximum absolute atomic E-state index is 12.8. The lowest BCUT2D eigenvalue weighted by Crippen LogP contribution is -2.36. The smallest absolute Gasteiger partial charge is 0.272 e. The van der Waals surface area contributed by atoms with Gasteiger partial charge in [0.25, 0.3) is 5.91 Å². The number of aromatic nitrogens is 1. The summed E-state index contributed by atoms with van der Waals surface area (Å²) in [6, 6.07) is 4.01. The maximum atomic E-state index is 12.8. The largest absolute Gasteiger partial charge is 0.334 e. The summed E-state index contributed by atoms with van der Waals surface area (Å²) >= 11 is 1.46. The molecule has 1 aliphatic carbocycles. The van der Waals surface area contributed by atoms with Crippen molar-refractivity contribution in [3.8, 4) is 0 Å². The van der Waals surface area contributed by atoms with Crippen LogP contribution in [-0.4, -0.2) is 53.1 Å². The standard InChI is InChI=1S/C17H24N4O2S/c1-2-8-18-9-3-10-21(12-4-5-12)17(23)13-6-7-14-16(19-13)20-15(22)11-24-14/h6-7,12,18H,2-5,8-11H2,1H3,(H,19,20,22). The van der Waals surface area contributed by atoms with Gasteiger partial charge in [-0.05, 0) is 50.9 Å². The first-order valence-electron chi connectivity index (χ1n) is 8.64. The molecule has 7 heteroatoms. The highest BCUT2D eigenvalue weighted by Crippen LogP contribution is 2.31. The molecule has 0 saturated heterocycles. The number of carbonyl (C=O) groups is 2. The van der Waals surface area contributed by atoms with E-state index >= 15 is 0 Å². The number of hydrogen-bond acceptors (Lipinski definition) is 5. The van der Waals surface area contributed by atoms with E-state index in [9.17, 15) is 9.59 Å². The summed E-state index contributed by atoms with van der Waals surface area (Å²) in [7, 11) is 0. The van der Waals surface area contributed by atoms with Gasteiger partial charge in [0.2, 0.25) is 5.91 Å². The lowest BCUT2D eigenvalue weighted by atomic mass is 10.2. The number of nitrogens with one attached hydrogen (secondary N) is 2. The molecule has 1 aromatic heterocycles. The second-order valence-corrected chi connectivity index (χ2v) is 7.23. The molecule has 0 bridgehead atoms. The SMILES string of the molecule is CCCNCCCN(C(=O)c1ccc2c(n1)NC(=O)CS2)C1CC1. The van der Waals surface area contributed by atoms with E-state index in [2.05, 4.69) is 22.5 Å². The van der Waals surface area contributed by atoms with Crippen molar-refractivity contribution in [3.05, 3.63) is 17.8 Å². The first-order chi connectivity index (χ1) is 11.7. The van der Waals surface area contributed by atoms with E-state index in [-0.39, 0.29) is 11.8 Å². The van der Waals surface area contributed by atoms with E-state index in [0.717, 1.165) is 50.2 Å². The highest BCUT2D eigenvalue weighted by atomic mass is 32.2. The van der Waals surface area contributed by atoms with Crippen LogP contribution < -0.4 is 10.6 Å². The molecule has 24 heavy (non-hydrogen) atoms. The van der Waals surface area contributed by atoms with Crippen molar-refractivity contribution in [2.75, 3.05) is 30.7 Å². The Kier molecular flexibility index (Phi) is 5.73. The third-order valence-corrected chi connectivity index (χ3v) is 5.17. The van der Waals surface area contributed by atoms with Gasteiger partial charge in [-0.3, -0.25) is 9.59 Å². The number of carbonyl (C=O) groups excluding carboxylic acids is 2. The van der Waals surface area contributed by atoms with Gasteiger partial charge < -0.3 is 15.5 Å². The van der Waals surface area contributed by atoms with Crippen LogP contribution in [0.5, 0.6) is 0 Å². The van der Waals surface area contributed by atoms with Crippen molar-refractivity contribution < 1.29 is 9.59 Å². The molecule has 0 radical (unpaired) electrons. The summed E-state index contributed by atoms with van der Waals surface area (Å²) < 4.78 is 0. The van der Waals surface area contributed by atoms with E-state index in [4.69, 9.17) is 0 Å². The van der Waals surface area contributed by atoms with Crippen LogP contribution in [0.2, 0.25) is 0 Å². The van der Waals surface area contributed by atoms with Crippen LogP contribution in [0.4, 0.5) is 5.82 Å². The Morgan fingerprint density at radius 3 is 3.00 bits per heavy atom. The highest BCUT2D eigenvalue weighted by molar-refractivity contribution is 8.00. The highest BCUT2D eigenvalue weighted by Gasteiger charge is 2.33. The third kappa shape index (κ3) is 4.27. The molecule has 6 nitrogen and oxygen atoms in total. The molecule has 3 rings (SSSR count). The van der Waals surface area contributed by atoms with Crippen molar-refractivity contribution in [3.63, 3.8) is 0 Å². The summed E-state index contributed by atoms with van der Waals surface area (Å²) in [4.78, 5) is 31.6. The van der Waals surface area contributed by atoms with Crippen molar-refractivity contribution in [2.45, 2.75) is 43.5 Å². The number of thioether (sulfide) groups is 1. The van der Waals surface area contributed by atoms with Gasteiger partial charge >= 0.3 is 0 Å². The molecule has 2 aliphatic rings. The van der Waals surface area contributed by atoms with Gasteiger partial charge in [-0.1, -0.05) is 6.92 Å². The molecular weight excluding hydrogens is 324 g/mol. The lowest BCUT2D eigenvalue weighted by Gasteiger charge is -2.23. The Labute approximate surface area is 146 Å². The van der Waals surface area contributed by atoms with Crippen LogP contribution in [-0.2, 0) is 4.79 Å². The second kappa shape index (κ2) is 7.98. The van der Waals surface area contributed by atoms with Gasteiger partial charge in [-0.2, -0.15) is 0 Å². The van der Waals surface area contributed by atoms with E-state index < -0.39 is 0 Å². The zero-order chi connectivity index (χ0) is 16.9. The summed E-state index contributed by atoms with van der Waals surface area (Å²) in [6.45, 7) is 4.84. The fraction of sp³-hybridized carbons (Fsp3) is 0.588. The number of amides is 2. The number of fused-ring (bicyclic) bond motifs is 1. The number of rotatable bonds is 8. The fourth-order valence-corrected chi connectivity index (χ4v) is 3.50. The Morgan fingerprint density at radius 1 is 1.42 bits per heavy atom. The normalized spacial score (nSPS) is 16.5. The molecule has 1 fully saturated rings. The van der Waals surface area contributed by atoms with E-state index in [1.165, 1.54) is 11.8 Å². The van der Waals surface area contributed by atoms with Crippen LogP contribution in [0, 0.1) is 0 Å². The predicted molar refractivity (Wildman–Crippen MR) is 95.4 cm³/mol. The summed E-state index contributed by atoms with van der Waals surface area (Å²) in [5, 5.41) is 6.12. The maximum Gasteiger partial charge on any atom is 0.272 e. The minimum atomic E-state index is -0.0642. The van der Waals surface area contributed by atoms with Crippen molar-refractivity contribution >= 4 is 29.4 Å². The van der Waals surface area contributed by atoms with Gasteiger partial charge in [0.15, 0.2) is 0 Å². The monoisotopic (exact) mass is 348 g/mol. The molecule has 0 spiro atoms. The van der Waals surface area contributed by atoms with E-state index in [1.807, 2.05) is 11.0 Å². The number of anilines is 1. The van der Waals surface area contributed by atoms with Crippen molar-refractivity contribution in [2.24, 2.45) is 0 Å². The summed E-state index contributed by atoms with van der Waals surface area (Å²) in [5.41, 5.74) is 0.421. The number of hydrogen-bond donors (Lipinski definition) is 2. The van der Waals surface area contributed by atoms with Crippen LogP contribution in [0.3, 0.4) is 0 Å².